The predicted molar refractivity (Wildman–Crippen MR) is 146 cm³/mol. The molecular weight excluding hydrogens is 520 g/mol. The molecule has 0 bridgehead atoms. The maximum absolute atomic E-state index is 10.9. The lowest BCUT2D eigenvalue weighted by molar-refractivity contribution is -0.000557. The van der Waals surface area contributed by atoms with Gasteiger partial charge in [0, 0.05) is 5.56 Å². The van der Waals surface area contributed by atoms with Crippen molar-refractivity contribution in [1.82, 2.24) is 0 Å². The summed E-state index contributed by atoms with van der Waals surface area (Å²) in [4.78, 5) is 0. The topological polar surface area (TPSA) is 147 Å². The summed E-state index contributed by atoms with van der Waals surface area (Å²) < 4.78 is 28.5. The minimum Gasteiger partial charge on any atom is -0.504 e. The number of hydrogen-bond donors (Lipinski definition) is 5. The highest BCUT2D eigenvalue weighted by atomic mass is 16.5. The lowest BCUT2D eigenvalue weighted by Crippen LogP contribution is -2.29. The summed E-state index contributed by atoms with van der Waals surface area (Å²) in [6.07, 6.45) is 0.524. The molecule has 1 aliphatic heterocycles. The Balaban J connectivity index is 1.61. The molecule has 0 saturated heterocycles. The van der Waals surface area contributed by atoms with Crippen molar-refractivity contribution >= 4 is 6.08 Å². The Morgan fingerprint density at radius 3 is 2.27 bits per heavy atom. The Labute approximate surface area is 232 Å². The largest absolute Gasteiger partial charge is 0.504 e. The van der Waals surface area contributed by atoms with Crippen LogP contribution in [-0.2, 0) is 0 Å². The van der Waals surface area contributed by atoms with E-state index in [-0.39, 0.29) is 30.5 Å². The molecule has 0 aromatic heterocycles. The summed E-state index contributed by atoms with van der Waals surface area (Å²) in [5, 5.41) is 50.2. The Bertz CT molecular complexity index is 1340. The van der Waals surface area contributed by atoms with Crippen molar-refractivity contribution in [3.63, 3.8) is 0 Å². The number of phenols is 1. The summed E-state index contributed by atoms with van der Waals surface area (Å²) in [5.41, 5.74) is 2.66. The number of benzene rings is 3. The Kier molecular flexibility index (Phi) is 9.38. The molecule has 4 rings (SSSR count). The number of rotatable bonds is 12. The molecule has 3 aromatic rings. The van der Waals surface area contributed by atoms with Gasteiger partial charge in [-0.05, 0) is 53.1 Å². The molecule has 5 N–H and O–H groups in total. The van der Waals surface area contributed by atoms with E-state index in [4.69, 9.17) is 28.8 Å². The van der Waals surface area contributed by atoms with Gasteiger partial charge in [-0.1, -0.05) is 24.3 Å². The molecule has 10 nitrogen and oxygen atoms in total. The quantitative estimate of drug-likeness (QED) is 0.226. The Hall–Kier alpha value is -3.96. The molecule has 214 valence electrons. The average molecular weight is 555 g/mol. The second-order valence-corrected chi connectivity index (χ2v) is 9.18. The van der Waals surface area contributed by atoms with Crippen LogP contribution in [0.3, 0.4) is 0 Å². The second-order valence-electron chi connectivity index (χ2n) is 9.18. The van der Waals surface area contributed by atoms with Crippen LogP contribution in [0.4, 0.5) is 0 Å². The number of fused-ring (bicyclic) bond motifs is 1. The summed E-state index contributed by atoms with van der Waals surface area (Å²) >= 11 is 0. The van der Waals surface area contributed by atoms with Gasteiger partial charge in [-0.3, -0.25) is 0 Å². The molecule has 0 amide bonds. The third-order valence-electron chi connectivity index (χ3n) is 6.82. The van der Waals surface area contributed by atoms with E-state index in [9.17, 15) is 20.4 Å². The number of methoxy groups -OCH3 is 3. The highest BCUT2D eigenvalue weighted by Gasteiger charge is 2.38. The first-order valence-corrected chi connectivity index (χ1v) is 12.7. The molecule has 10 heteroatoms. The summed E-state index contributed by atoms with van der Waals surface area (Å²) in [6, 6.07) is 13.2. The number of ether oxygens (including phenoxy) is 5. The third kappa shape index (κ3) is 5.80. The van der Waals surface area contributed by atoms with E-state index >= 15 is 0 Å². The van der Waals surface area contributed by atoms with Gasteiger partial charge in [0.25, 0.3) is 0 Å². The van der Waals surface area contributed by atoms with Crippen LogP contribution in [-0.4, -0.2) is 72.8 Å². The van der Waals surface area contributed by atoms with Crippen molar-refractivity contribution in [3.05, 3.63) is 76.9 Å². The van der Waals surface area contributed by atoms with Crippen LogP contribution >= 0.6 is 0 Å². The minimum absolute atomic E-state index is 0.0786. The fourth-order valence-corrected chi connectivity index (χ4v) is 4.77. The van der Waals surface area contributed by atoms with Crippen molar-refractivity contribution in [2.24, 2.45) is 0 Å². The van der Waals surface area contributed by atoms with Crippen molar-refractivity contribution in [2.75, 3.05) is 41.2 Å². The normalized spacial score (nSPS) is 17.7. The predicted octanol–water partition coefficient (Wildman–Crippen LogP) is 3.11. The van der Waals surface area contributed by atoms with E-state index in [0.717, 1.165) is 11.1 Å². The number of aliphatic hydroxyl groups excluding tert-OH is 4. The van der Waals surface area contributed by atoms with Crippen LogP contribution in [0.5, 0.6) is 34.5 Å². The number of phenolic OH excluding ortho intramolecular Hbond substituents is 1. The fourth-order valence-electron chi connectivity index (χ4n) is 4.77. The third-order valence-corrected chi connectivity index (χ3v) is 6.82. The lowest BCUT2D eigenvalue weighted by atomic mass is 9.90. The zero-order valence-electron chi connectivity index (χ0n) is 22.5. The smallest absolute Gasteiger partial charge is 0.165 e. The van der Waals surface area contributed by atoms with Crippen LogP contribution in [0.1, 0.15) is 40.4 Å². The fraction of sp³-hybridized carbons (Fsp3) is 0.333. The Morgan fingerprint density at radius 1 is 0.875 bits per heavy atom. The molecule has 4 unspecified atom stereocenters. The van der Waals surface area contributed by atoms with Gasteiger partial charge in [0.15, 0.2) is 40.6 Å². The highest BCUT2D eigenvalue weighted by Crippen LogP contribution is 2.51. The zero-order valence-corrected chi connectivity index (χ0v) is 22.5. The van der Waals surface area contributed by atoms with Gasteiger partial charge in [-0.2, -0.15) is 0 Å². The number of aliphatic hydroxyl groups is 4. The van der Waals surface area contributed by atoms with Gasteiger partial charge in [0.2, 0.25) is 0 Å². The average Bonchev–Trinajstić information content (AvgIpc) is 3.36. The maximum atomic E-state index is 10.9. The van der Waals surface area contributed by atoms with Gasteiger partial charge in [0.1, 0.15) is 12.2 Å². The molecule has 0 spiro atoms. The standard InChI is InChI=1S/C30H34O10/c1-36-24-13-18(6-8-22(24)34)28(35)27(16-33)39-23-9-7-19(14-25(23)37-2)29-21(15-32)20-11-17(5-4-10-31)12-26(38-3)30(20)40-29/h4-9,11-14,21,27-29,31-35H,10,15-16H2,1-3H3. The molecule has 0 aliphatic carbocycles. The van der Waals surface area contributed by atoms with Gasteiger partial charge in [-0.15, -0.1) is 0 Å². The molecule has 1 aliphatic rings. The second kappa shape index (κ2) is 12.9. The minimum atomic E-state index is -1.24. The molecule has 40 heavy (non-hydrogen) atoms. The first kappa shape index (κ1) is 29.0. The molecule has 3 aromatic carbocycles. The monoisotopic (exact) mass is 554 g/mol. The van der Waals surface area contributed by atoms with Gasteiger partial charge in [-0.25, -0.2) is 0 Å². The van der Waals surface area contributed by atoms with E-state index in [1.165, 1.54) is 39.5 Å². The lowest BCUT2D eigenvalue weighted by Gasteiger charge is -2.25. The molecular formula is C30H34O10. The first-order valence-electron chi connectivity index (χ1n) is 12.7. The van der Waals surface area contributed by atoms with Crippen molar-refractivity contribution in [1.29, 1.82) is 0 Å². The molecule has 0 radical (unpaired) electrons. The van der Waals surface area contributed by atoms with Crippen molar-refractivity contribution < 1.29 is 49.2 Å². The number of hydrogen-bond acceptors (Lipinski definition) is 10. The van der Waals surface area contributed by atoms with Crippen LogP contribution in [0.15, 0.2) is 54.6 Å². The SMILES string of the molecule is COc1cc(C(O)C(CO)Oc2ccc(C3Oc4c(OC)cc(C=CCO)cc4C3CO)cc2OC)ccc1O. The molecule has 0 saturated carbocycles. The van der Waals surface area contributed by atoms with Gasteiger partial charge in [0.05, 0.1) is 47.1 Å². The summed E-state index contributed by atoms with van der Waals surface area (Å²) in [6.45, 7) is -0.799. The summed E-state index contributed by atoms with van der Waals surface area (Å²) in [7, 11) is 4.40. The van der Waals surface area contributed by atoms with Gasteiger partial charge < -0.3 is 49.2 Å². The Morgan fingerprint density at radius 2 is 1.62 bits per heavy atom. The van der Waals surface area contributed by atoms with Crippen LogP contribution in [0.2, 0.25) is 0 Å². The van der Waals surface area contributed by atoms with E-state index < -0.39 is 30.8 Å². The highest BCUT2D eigenvalue weighted by molar-refractivity contribution is 5.62. The molecule has 4 atom stereocenters. The first-order chi connectivity index (χ1) is 19.4. The molecule has 1 heterocycles. The van der Waals surface area contributed by atoms with Gasteiger partial charge >= 0.3 is 0 Å². The van der Waals surface area contributed by atoms with Crippen molar-refractivity contribution in [3.8, 4) is 34.5 Å². The van der Waals surface area contributed by atoms with Crippen molar-refractivity contribution in [2.45, 2.75) is 24.2 Å². The van der Waals surface area contributed by atoms with Crippen LogP contribution in [0, 0.1) is 0 Å². The van der Waals surface area contributed by atoms with E-state index in [1.807, 2.05) is 6.07 Å². The van der Waals surface area contributed by atoms with E-state index in [2.05, 4.69) is 0 Å². The summed E-state index contributed by atoms with van der Waals surface area (Å²) in [5.74, 6) is 1.35. The van der Waals surface area contributed by atoms with E-state index in [1.54, 1.807) is 36.4 Å². The number of aromatic hydroxyl groups is 1. The van der Waals surface area contributed by atoms with Crippen LogP contribution < -0.4 is 23.7 Å². The molecule has 0 fully saturated rings. The van der Waals surface area contributed by atoms with Crippen LogP contribution in [0.25, 0.3) is 6.08 Å². The maximum Gasteiger partial charge on any atom is 0.165 e. The van der Waals surface area contributed by atoms with E-state index in [0.29, 0.717) is 28.4 Å². The zero-order chi connectivity index (χ0) is 28.8.